The molecule has 3 aromatic rings. The highest BCUT2D eigenvalue weighted by Gasteiger charge is 2.20. The largest absolute Gasteiger partial charge is 0.486 e. The minimum absolute atomic E-state index is 0.185. The van der Waals surface area contributed by atoms with Crippen molar-refractivity contribution in [3.8, 4) is 17.0 Å². The van der Waals surface area contributed by atoms with E-state index < -0.39 is 5.82 Å². The number of carbonyl (C=O) groups excluding carboxylic acids is 1. The molecule has 1 unspecified atom stereocenters. The molecule has 0 aliphatic carbocycles. The number of nitrogens with zero attached hydrogens (tertiary/aromatic N) is 3. The molecule has 1 N–H and O–H groups in total. The van der Waals surface area contributed by atoms with Gasteiger partial charge < -0.3 is 15.0 Å². The van der Waals surface area contributed by atoms with Gasteiger partial charge >= 0.3 is 0 Å². The number of hydrogen-bond donors (Lipinski definition) is 1. The van der Waals surface area contributed by atoms with Gasteiger partial charge in [0.2, 0.25) is 0 Å². The van der Waals surface area contributed by atoms with Gasteiger partial charge in [0, 0.05) is 12.1 Å². The smallest absolute Gasteiger partial charge is 0.255 e. The van der Waals surface area contributed by atoms with Crippen molar-refractivity contribution in [2.24, 2.45) is 0 Å². The van der Waals surface area contributed by atoms with E-state index in [1.807, 2.05) is 56.0 Å². The summed E-state index contributed by atoms with van der Waals surface area (Å²) >= 11 is 0. The molecule has 1 aromatic heterocycles. The van der Waals surface area contributed by atoms with Crippen molar-refractivity contribution < 1.29 is 13.9 Å². The molecule has 1 amide bonds. The highest BCUT2D eigenvalue weighted by Crippen LogP contribution is 2.24. The van der Waals surface area contributed by atoms with Crippen LogP contribution in [0.1, 0.15) is 23.7 Å². The molecular weight excluding hydrogens is 395 g/mol. The van der Waals surface area contributed by atoms with Crippen molar-refractivity contribution in [1.29, 1.82) is 0 Å². The first-order chi connectivity index (χ1) is 15.0. The predicted octanol–water partition coefficient (Wildman–Crippen LogP) is 3.84. The molecule has 0 saturated carbocycles. The Morgan fingerprint density at radius 1 is 1.16 bits per heavy atom. The standard InChI is InChI=1S/C24H29FN4O2/c1-4-19(31-22-13-9-8-12-21(22)25)16-26-24(30)20-17-27-29(15-14-28(2)3)23(20)18-10-6-5-7-11-18/h5-13,17,19H,4,14-16H2,1-3H3,(H,26,30). The van der Waals surface area contributed by atoms with E-state index in [2.05, 4.69) is 15.3 Å². The lowest BCUT2D eigenvalue weighted by Crippen LogP contribution is -2.35. The molecule has 1 heterocycles. The first-order valence-corrected chi connectivity index (χ1v) is 10.4. The van der Waals surface area contributed by atoms with E-state index in [1.54, 1.807) is 24.4 Å². The molecule has 7 heteroatoms. The van der Waals surface area contributed by atoms with E-state index in [4.69, 9.17) is 4.74 Å². The van der Waals surface area contributed by atoms with Crippen molar-refractivity contribution in [1.82, 2.24) is 20.0 Å². The van der Waals surface area contributed by atoms with Crippen LogP contribution in [0.4, 0.5) is 4.39 Å². The minimum atomic E-state index is -0.416. The Labute approximate surface area is 182 Å². The number of ether oxygens (including phenoxy) is 1. The van der Waals surface area contributed by atoms with Gasteiger partial charge in [-0.3, -0.25) is 9.48 Å². The summed E-state index contributed by atoms with van der Waals surface area (Å²) in [6.07, 6.45) is 1.89. The maximum atomic E-state index is 13.9. The molecule has 0 aliphatic rings. The second-order valence-electron chi connectivity index (χ2n) is 7.59. The van der Waals surface area contributed by atoms with Crippen LogP contribution >= 0.6 is 0 Å². The zero-order valence-corrected chi connectivity index (χ0v) is 18.2. The number of rotatable bonds is 10. The summed E-state index contributed by atoms with van der Waals surface area (Å²) < 4.78 is 21.5. The van der Waals surface area contributed by atoms with Gasteiger partial charge in [-0.15, -0.1) is 0 Å². The van der Waals surface area contributed by atoms with Gasteiger partial charge in [0.15, 0.2) is 11.6 Å². The lowest BCUT2D eigenvalue weighted by molar-refractivity contribution is 0.0925. The van der Waals surface area contributed by atoms with Crippen LogP contribution < -0.4 is 10.1 Å². The fourth-order valence-electron chi connectivity index (χ4n) is 3.21. The number of aromatic nitrogens is 2. The minimum Gasteiger partial charge on any atom is -0.486 e. The van der Waals surface area contributed by atoms with Gasteiger partial charge in [-0.05, 0) is 32.6 Å². The van der Waals surface area contributed by atoms with E-state index in [-0.39, 0.29) is 24.3 Å². The number of para-hydroxylation sites is 1. The van der Waals surface area contributed by atoms with Crippen LogP contribution in [0, 0.1) is 5.82 Å². The maximum Gasteiger partial charge on any atom is 0.255 e. The monoisotopic (exact) mass is 424 g/mol. The third-order valence-electron chi connectivity index (χ3n) is 4.97. The molecule has 1 atom stereocenters. The number of carbonyl (C=O) groups is 1. The van der Waals surface area contributed by atoms with Gasteiger partial charge in [-0.1, -0.05) is 49.4 Å². The van der Waals surface area contributed by atoms with Crippen molar-refractivity contribution >= 4 is 5.91 Å². The molecule has 3 rings (SSSR count). The Kier molecular flexibility index (Phi) is 7.78. The van der Waals surface area contributed by atoms with Gasteiger partial charge in [0.05, 0.1) is 30.5 Å². The quantitative estimate of drug-likeness (QED) is 0.537. The first kappa shape index (κ1) is 22.5. The average molecular weight is 425 g/mol. The molecule has 164 valence electrons. The van der Waals surface area contributed by atoms with Crippen molar-refractivity contribution in [3.63, 3.8) is 0 Å². The molecule has 0 bridgehead atoms. The Hall–Kier alpha value is -3.19. The second kappa shape index (κ2) is 10.7. The number of likely N-dealkylation sites (N-methyl/N-ethyl adjacent to an activating group) is 1. The molecule has 31 heavy (non-hydrogen) atoms. The predicted molar refractivity (Wildman–Crippen MR) is 120 cm³/mol. The summed E-state index contributed by atoms with van der Waals surface area (Å²) in [6, 6.07) is 16.0. The molecule has 2 aromatic carbocycles. The summed E-state index contributed by atoms with van der Waals surface area (Å²) in [5.74, 6) is -0.462. The number of amides is 1. The average Bonchev–Trinajstić information content (AvgIpc) is 3.21. The number of halogens is 1. The Bertz CT molecular complexity index is 988. The summed E-state index contributed by atoms with van der Waals surface area (Å²) in [5.41, 5.74) is 2.22. The number of hydrogen-bond acceptors (Lipinski definition) is 4. The van der Waals surface area contributed by atoms with Crippen molar-refractivity contribution in [2.75, 3.05) is 27.2 Å². The molecule has 0 radical (unpaired) electrons. The van der Waals surface area contributed by atoms with E-state index >= 15 is 0 Å². The third-order valence-corrected chi connectivity index (χ3v) is 4.97. The topological polar surface area (TPSA) is 59.4 Å². The lowest BCUT2D eigenvalue weighted by atomic mass is 10.1. The van der Waals surface area contributed by atoms with Gasteiger partial charge in [-0.2, -0.15) is 5.10 Å². The molecule has 0 aliphatic heterocycles. The Morgan fingerprint density at radius 3 is 2.55 bits per heavy atom. The highest BCUT2D eigenvalue weighted by atomic mass is 19.1. The fraction of sp³-hybridized carbons (Fsp3) is 0.333. The summed E-state index contributed by atoms with van der Waals surface area (Å²) in [7, 11) is 4.00. The summed E-state index contributed by atoms with van der Waals surface area (Å²) in [6.45, 7) is 3.67. The molecule has 0 saturated heterocycles. The molecule has 6 nitrogen and oxygen atoms in total. The fourth-order valence-corrected chi connectivity index (χ4v) is 3.21. The summed E-state index contributed by atoms with van der Waals surface area (Å²) in [5, 5.41) is 7.39. The van der Waals surface area contributed by atoms with Crippen molar-refractivity contribution in [3.05, 3.63) is 72.2 Å². The molecular formula is C24H29FN4O2. The van der Waals surface area contributed by atoms with Crippen LogP contribution in [0.2, 0.25) is 0 Å². The number of benzene rings is 2. The van der Waals surface area contributed by atoms with E-state index in [9.17, 15) is 9.18 Å². The zero-order valence-electron chi connectivity index (χ0n) is 18.2. The maximum absolute atomic E-state index is 13.9. The molecule has 0 fully saturated rings. The van der Waals surface area contributed by atoms with E-state index in [1.165, 1.54) is 6.07 Å². The highest BCUT2D eigenvalue weighted by molar-refractivity contribution is 5.99. The number of nitrogens with one attached hydrogen (secondary N) is 1. The SMILES string of the molecule is CCC(CNC(=O)c1cnn(CCN(C)C)c1-c1ccccc1)Oc1ccccc1F. The zero-order chi connectivity index (χ0) is 22.2. The Morgan fingerprint density at radius 2 is 1.87 bits per heavy atom. The van der Waals surface area contributed by atoms with Crippen LogP contribution in [-0.2, 0) is 6.54 Å². The molecule has 0 spiro atoms. The third kappa shape index (κ3) is 5.92. The van der Waals surface area contributed by atoms with Crippen LogP contribution in [0.25, 0.3) is 11.3 Å². The van der Waals surface area contributed by atoms with Gasteiger partial charge in [0.1, 0.15) is 6.10 Å². The van der Waals surface area contributed by atoms with Crippen LogP contribution in [0.3, 0.4) is 0 Å². The van der Waals surface area contributed by atoms with Crippen LogP contribution in [0.5, 0.6) is 5.75 Å². The van der Waals surface area contributed by atoms with Crippen LogP contribution in [0.15, 0.2) is 60.8 Å². The van der Waals surface area contributed by atoms with Gasteiger partial charge in [-0.25, -0.2) is 4.39 Å². The van der Waals surface area contributed by atoms with Gasteiger partial charge in [0.25, 0.3) is 5.91 Å². The Balaban J connectivity index is 1.75. The summed E-state index contributed by atoms with van der Waals surface area (Å²) in [4.78, 5) is 15.1. The van der Waals surface area contributed by atoms with E-state index in [0.717, 1.165) is 17.8 Å². The van der Waals surface area contributed by atoms with E-state index in [0.29, 0.717) is 18.5 Å². The first-order valence-electron chi connectivity index (χ1n) is 10.4. The van der Waals surface area contributed by atoms with Crippen LogP contribution in [-0.4, -0.2) is 53.9 Å². The lowest BCUT2D eigenvalue weighted by Gasteiger charge is -2.19. The second-order valence-corrected chi connectivity index (χ2v) is 7.59. The van der Waals surface area contributed by atoms with Crippen molar-refractivity contribution in [2.45, 2.75) is 26.0 Å². The normalized spacial score (nSPS) is 12.0.